The zero-order chi connectivity index (χ0) is 10.5. The molecule has 1 atom stereocenters. The van der Waals surface area contributed by atoms with E-state index in [-0.39, 0.29) is 11.9 Å². The van der Waals surface area contributed by atoms with E-state index in [1.807, 2.05) is 13.8 Å². The maximum absolute atomic E-state index is 11.7. The number of rotatable bonds is 5. The van der Waals surface area contributed by atoms with Crippen LogP contribution in [-0.4, -0.2) is 24.6 Å². The van der Waals surface area contributed by atoms with Gasteiger partial charge >= 0.3 is 6.18 Å². The van der Waals surface area contributed by atoms with Crippen molar-refractivity contribution in [3.63, 3.8) is 0 Å². The first kappa shape index (κ1) is 13.0. The first-order valence-electron chi connectivity index (χ1n) is 4.23. The Balaban J connectivity index is 3.42. The van der Waals surface area contributed by atoms with Gasteiger partial charge in [-0.1, -0.05) is 13.8 Å². The second-order valence-electron chi connectivity index (χ2n) is 3.47. The van der Waals surface area contributed by atoms with E-state index in [2.05, 4.69) is 5.32 Å². The molecule has 80 valence electrons. The Labute approximate surface area is 81.6 Å². The van der Waals surface area contributed by atoms with Crippen molar-refractivity contribution < 1.29 is 13.2 Å². The quantitative estimate of drug-likeness (QED) is 0.699. The highest BCUT2D eigenvalue weighted by atomic mass is 35.5. The average molecular weight is 218 g/mol. The molecule has 0 aromatic heterocycles. The van der Waals surface area contributed by atoms with E-state index in [9.17, 15) is 13.2 Å². The van der Waals surface area contributed by atoms with Crippen LogP contribution >= 0.6 is 11.6 Å². The summed E-state index contributed by atoms with van der Waals surface area (Å²) in [5.74, 6) is 0.412. The molecule has 1 nitrogen and oxygen atoms in total. The third-order valence-corrected chi connectivity index (χ3v) is 1.75. The zero-order valence-corrected chi connectivity index (χ0v) is 8.54. The standard InChI is InChI=1S/C8H15ClF3N/c1-6(2)3-7(9)4-13-5-8(10,11)12/h6-7,13H,3-5H2,1-2H3. The molecule has 0 fully saturated rings. The molecular formula is C8H15ClF3N. The summed E-state index contributed by atoms with van der Waals surface area (Å²) in [6.45, 7) is 3.21. The molecule has 0 aromatic carbocycles. The molecule has 0 aliphatic heterocycles. The topological polar surface area (TPSA) is 12.0 Å². The van der Waals surface area contributed by atoms with Crippen LogP contribution in [0.15, 0.2) is 0 Å². The highest BCUT2D eigenvalue weighted by Crippen LogP contribution is 2.13. The van der Waals surface area contributed by atoms with Gasteiger partial charge in [0.1, 0.15) is 0 Å². The first-order chi connectivity index (χ1) is 5.81. The maximum Gasteiger partial charge on any atom is 0.401 e. The van der Waals surface area contributed by atoms with Gasteiger partial charge in [0.05, 0.1) is 6.54 Å². The molecule has 0 aliphatic rings. The molecule has 5 heteroatoms. The van der Waals surface area contributed by atoms with Crippen LogP contribution in [0.2, 0.25) is 0 Å². The fourth-order valence-electron chi connectivity index (χ4n) is 0.965. The van der Waals surface area contributed by atoms with Gasteiger partial charge in [-0.15, -0.1) is 11.6 Å². The van der Waals surface area contributed by atoms with Gasteiger partial charge in [-0.2, -0.15) is 13.2 Å². The van der Waals surface area contributed by atoms with Crippen molar-refractivity contribution >= 4 is 11.6 Å². The van der Waals surface area contributed by atoms with E-state index in [0.29, 0.717) is 5.92 Å². The Hall–Kier alpha value is 0.0400. The molecule has 0 rings (SSSR count). The first-order valence-corrected chi connectivity index (χ1v) is 4.66. The highest BCUT2D eigenvalue weighted by Gasteiger charge is 2.26. The molecule has 0 spiro atoms. The number of hydrogen-bond donors (Lipinski definition) is 1. The third kappa shape index (κ3) is 9.96. The summed E-state index contributed by atoms with van der Waals surface area (Å²) in [6.07, 6.45) is -3.42. The lowest BCUT2D eigenvalue weighted by Crippen LogP contribution is -2.33. The van der Waals surface area contributed by atoms with Crippen LogP contribution in [0.1, 0.15) is 20.3 Å². The van der Waals surface area contributed by atoms with Crippen LogP contribution < -0.4 is 5.32 Å². The lowest BCUT2D eigenvalue weighted by atomic mass is 10.1. The van der Waals surface area contributed by atoms with Gasteiger partial charge in [-0.25, -0.2) is 0 Å². The van der Waals surface area contributed by atoms with Crippen LogP contribution in [-0.2, 0) is 0 Å². The van der Waals surface area contributed by atoms with Crippen molar-refractivity contribution in [3.05, 3.63) is 0 Å². The Kier molecular flexibility index (Phi) is 5.72. The SMILES string of the molecule is CC(C)CC(Cl)CNCC(F)(F)F. The molecular weight excluding hydrogens is 203 g/mol. The van der Waals surface area contributed by atoms with Gasteiger partial charge in [-0.05, 0) is 12.3 Å². The second kappa shape index (κ2) is 5.70. The van der Waals surface area contributed by atoms with Crippen LogP contribution in [0.4, 0.5) is 13.2 Å². The van der Waals surface area contributed by atoms with E-state index in [1.54, 1.807) is 0 Å². The van der Waals surface area contributed by atoms with E-state index in [1.165, 1.54) is 0 Å². The predicted molar refractivity (Wildman–Crippen MR) is 48.0 cm³/mol. The molecule has 0 aromatic rings. The maximum atomic E-state index is 11.7. The molecule has 13 heavy (non-hydrogen) atoms. The van der Waals surface area contributed by atoms with Crippen LogP contribution in [0.3, 0.4) is 0 Å². The Morgan fingerprint density at radius 2 is 1.85 bits per heavy atom. The van der Waals surface area contributed by atoms with Crippen LogP contribution in [0.5, 0.6) is 0 Å². The molecule has 0 bridgehead atoms. The molecule has 0 amide bonds. The van der Waals surface area contributed by atoms with Crippen molar-refractivity contribution in [1.29, 1.82) is 0 Å². The van der Waals surface area contributed by atoms with E-state index in [0.717, 1.165) is 6.42 Å². The van der Waals surface area contributed by atoms with E-state index < -0.39 is 12.7 Å². The molecule has 0 radical (unpaired) electrons. The second-order valence-corrected chi connectivity index (χ2v) is 4.09. The van der Waals surface area contributed by atoms with Gasteiger partial charge in [0.25, 0.3) is 0 Å². The van der Waals surface area contributed by atoms with Gasteiger partial charge in [0, 0.05) is 11.9 Å². The minimum atomic E-state index is -4.14. The Morgan fingerprint density at radius 3 is 2.23 bits per heavy atom. The van der Waals surface area contributed by atoms with Gasteiger partial charge < -0.3 is 5.32 Å². The van der Waals surface area contributed by atoms with Crippen molar-refractivity contribution in [2.45, 2.75) is 31.8 Å². The minimum absolute atomic E-state index is 0.208. The highest BCUT2D eigenvalue weighted by molar-refractivity contribution is 6.20. The summed E-state index contributed by atoms with van der Waals surface area (Å²) in [7, 11) is 0. The third-order valence-electron chi connectivity index (χ3n) is 1.42. The van der Waals surface area contributed by atoms with Gasteiger partial charge in [-0.3, -0.25) is 0 Å². The van der Waals surface area contributed by atoms with Crippen molar-refractivity contribution in [2.24, 2.45) is 5.92 Å². The molecule has 0 aliphatic carbocycles. The number of alkyl halides is 4. The normalized spacial score (nSPS) is 15.0. The fraction of sp³-hybridized carbons (Fsp3) is 1.00. The summed E-state index contributed by atoms with van der Waals surface area (Å²) in [4.78, 5) is 0. The molecule has 1 unspecified atom stereocenters. The molecule has 0 saturated heterocycles. The molecule has 1 N–H and O–H groups in total. The van der Waals surface area contributed by atoms with E-state index in [4.69, 9.17) is 11.6 Å². The summed E-state index contributed by atoms with van der Waals surface area (Å²) in [6, 6.07) is 0. The zero-order valence-electron chi connectivity index (χ0n) is 7.79. The Morgan fingerprint density at radius 1 is 1.31 bits per heavy atom. The number of hydrogen-bond acceptors (Lipinski definition) is 1. The van der Waals surface area contributed by atoms with E-state index >= 15 is 0 Å². The smallest absolute Gasteiger partial charge is 0.307 e. The van der Waals surface area contributed by atoms with Crippen LogP contribution in [0, 0.1) is 5.92 Å². The van der Waals surface area contributed by atoms with Crippen molar-refractivity contribution in [2.75, 3.05) is 13.1 Å². The summed E-state index contributed by atoms with van der Waals surface area (Å²) < 4.78 is 35.0. The largest absolute Gasteiger partial charge is 0.401 e. The van der Waals surface area contributed by atoms with Crippen molar-refractivity contribution in [3.8, 4) is 0 Å². The number of halogens is 4. The minimum Gasteiger partial charge on any atom is -0.307 e. The summed E-state index contributed by atoms with van der Waals surface area (Å²) in [5, 5.41) is 2.05. The van der Waals surface area contributed by atoms with Crippen LogP contribution in [0.25, 0.3) is 0 Å². The summed E-state index contributed by atoms with van der Waals surface area (Å²) in [5.41, 5.74) is 0. The predicted octanol–water partition coefficient (Wildman–Crippen LogP) is 2.79. The molecule has 0 saturated carbocycles. The molecule has 0 heterocycles. The van der Waals surface area contributed by atoms with Crippen molar-refractivity contribution in [1.82, 2.24) is 5.32 Å². The van der Waals surface area contributed by atoms with Gasteiger partial charge in [0.15, 0.2) is 0 Å². The Bertz CT molecular complexity index is 136. The lowest BCUT2D eigenvalue weighted by molar-refractivity contribution is -0.124. The fourth-order valence-corrected chi connectivity index (χ4v) is 1.43. The average Bonchev–Trinajstić information content (AvgIpc) is 1.81. The lowest BCUT2D eigenvalue weighted by Gasteiger charge is -2.13. The summed E-state index contributed by atoms with van der Waals surface area (Å²) >= 11 is 5.77. The monoisotopic (exact) mass is 217 g/mol. The van der Waals surface area contributed by atoms with Gasteiger partial charge in [0.2, 0.25) is 0 Å². The number of nitrogens with one attached hydrogen (secondary N) is 1.